The number of likely N-dealkylation sites (tertiary alicyclic amines) is 1. The molecule has 1 N–H and O–H groups in total. The Morgan fingerprint density at radius 3 is 2.57 bits per heavy atom. The second-order valence-electron chi connectivity index (χ2n) is 11.5. The predicted molar refractivity (Wildman–Crippen MR) is 142 cm³/mol. The number of aliphatic hydroxyl groups excluding tert-OH is 1. The topological polar surface area (TPSA) is 80.0 Å². The van der Waals surface area contributed by atoms with Crippen LogP contribution < -0.4 is 0 Å². The number of hydrogen-bond acceptors (Lipinski definition) is 5. The van der Waals surface area contributed by atoms with Gasteiger partial charge in [-0.25, -0.2) is 0 Å². The molecule has 1 aromatic rings. The third-order valence-electron chi connectivity index (χ3n) is 9.02. The Hall–Kier alpha value is -2.18. The van der Waals surface area contributed by atoms with E-state index in [1.165, 1.54) is 23.1 Å². The Morgan fingerprint density at radius 2 is 1.86 bits per heavy atom. The van der Waals surface area contributed by atoms with Crippen LogP contribution in [0.5, 0.6) is 0 Å². The van der Waals surface area contributed by atoms with Crippen molar-refractivity contribution in [1.29, 1.82) is 0 Å². The number of fused-ring (bicyclic) bond motifs is 3. The molecule has 3 heterocycles. The van der Waals surface area contributed by atoms with Gasteiger partial charge in [0, 0.05) is 12.0 Å². The van der Waals surface area contributed by atoms with Crippen LogP contribution >= 0.6 is 0 Å². The van der Waals surface area contributed by atoms with E-state index in [1.54, 1.807) is 4.90 Å². The third kappa shape index (κ3) is 5.24. The van der Waals surface area contributed by atoms with E-state index in [-0.39, 0.29) is 48.3 Å². The number of carbonyl (C=O) groups excluding carboxylic acids is 2. The predicted octanol–water partition coefficient (Wildman–Crippen LogP) is 6.18. The van der Waals surface area contributed by atoms with Gasteiger partial charge in [-0.05, 0) is 68.7 Å². The maximum absolute atomic E-state index is 13.7. The van der Waals surface area contributed by atoms with Crippen LogP contribution in [0.1, 0.15) is 102 Å². The van der Waals surface area contributed by atoms with E-state index in [2.05, 4.69) is 19.9 Å². The smallest absolute Gasteiger partial charge is 0.234 e. The standard InChI is InChI=1S/C31H43NO5/c1-3-8-20(16-23-13-14-24(18-33)37-23)12-15-27-28-21(9-4-2)17-25-29(26(28)19-36-27)31(35)32(30(25)34)22-10-6-5-7-11-22/h13-14,16,22,25-27,29,33H,3-12,15,17-19H2,1-2H3/b20-16+/t25-,26+,27-,29-/m1/s1. The molecule has 0 aromatic carbocycles. The molecule has 0 radical (unpaired) electrons. The van der Waals surface area contributed by atoms with Crippen molar-refractivity contribution in [1.82, 2.24) is 4.90 Å². The molecular weight excluding hydrogens is 466 g/mol. The van der Waals surface area contributed by atoms with E-state index in [0.717, 1.165) is 76.4 Å². The summed E-state index contributed by atoms with van der Waals surface area (Å²) in [6.45, 7) is 4.84. The quantitative estimate of drug-likeness (QED) is 0.301. The first-order valence-corrected chi connectivity index (χ1v) is 14.6. The molecule has 0 spiro atoms. The van der Waals surface area contributed by atoms with E-state index in [9.17, 15) is 14.7 Å². The molecule has 4 atom stereocenters. The van der Waals surface area contributed by atoms with E-state index in [1.807, 2.05) is 12.1 Å². The lowest BCUT2D eigenvalue weighted by atomic mass is 9.68. The summed E-state index contributed by atoms with van der Waals surface area (Å²) in [5, 5.41) is 9.32. The average molecular weight is 510 g/mol. The molecule has 6 nitrogen and oxygen atoms in total. The van der Waals surface area contributed by atoms with Crippen LogP contribution in [0.2, 0.25) is 0 Å². The summed E-state index contributed by atoms with van der Waals surface area (Å²) in [6, 6.07) is 3.83. The van der Waals surface area contributed by atoms with Crippen molar-refractivity contribution in [3.63, 3.8) is 0 Å². The Labute approximate surface area is 221 Å². The number of carbonyl (C=O) groups is 2. The van der Waals surface area contributed by atoms with Crippen LogP contribution in [0.4, 0.5) is 0 Å². The maximum Gasteiger partial charge on any atom is 0.234 e. The Morgan fingerprint density at radius 1 is 1.05 bits per heavy atom. The van der Waals surface area contributed by atoms with Crippen LogP contribution in [0.25, 0.3) is 6.08 Å². The van der Waals surface area contributed by atoms with Crippen LogP contribution in [-0.2, 0) is 20.9 Å². The molecule has 6 heteroatoms. The minimum Gasteiger partial charge on any atom is -0.459 e. The Balaban J connectivity index is 1.34. The first-order valence-electron chi connectivity index (χ1n) is 14.6. The molecule has 2 amide bonds. The molecule has 2 saturated heterocycles. The monoisotopic (exact) mass is 509 g/mol. The Kier molecular flexibility index (Phi) is 8.35. The first kappa shape index (κ1) is 26.4. The van der Waals surface area contributed by atoms with Gasteiger partial charge < -0.3 is 14.3 Å². The largest absolute Gasteiger partial charge is 0.459 e. The van der Waals surface area contributed by atoms with Crippen LogP contribution in [0.3, 0.4) is 0 Å². The highest BCUT2D eigenvalue weighted by molar-refractivity contribution is 6.06. The van der Waals surface area contributed by atoms with Crippen molar-refractivity contribution in [2.75, 3.05) is 6.61 Å². The fourth-order valence-electron chi connectivity index (χ4n) is 7.40. The number of imide groups is 1. The number of amides is 2. The summed E-state index contributed by atoms with van der Waals surface area (Å²) in [4.78, 5) is 29.0. The number of allylic oxidation sites excluding steroid dienone is 2. The lowest BCUT2D eigenvalue weighted by molar-refractivity contribution is -0.143. The third-order valence-corrected chi connectivity index (χ3v) is 9.02. The van der Waals surface area contributed by atoms with Crippen molar-refractivity contribution < 1.29 is 23.8 Å². The molecule has 1 aromatic heterocycles. The minimum absolute atomic E-state index is 0.0176. The van der Waals surface area contributed by atoms with Gasteiger partial charge in [0.1, 0.15) is 18.1 Å². The fraction of sp³-hybridized carbons (Fsp3) is 0.677. The number of rotatable bonds is 10. The minimum atomic E-state index is -0.235. The molecule has 0 bridgehead atoms. The molecule has 0 unspecified atom stereocenters. The van der Waals surface area contributed by atoms with Gasteiger partial charge in [0.15, 0.2) is 0 Å². The molecule has 1 saturated carbocycles. The highest BCUT2D eigenvalue weighted by Crippen LogP contribution is 2.51. The van der Waals surface area contributed by atoms with Gasteiger partial charge in [0.05, 0.1) is 24.5 Å². The maximum atomic E-state index is 13.7. The number of hydrogen-bond donors (Lipinski definition) is 1. The van der Waals surface area contributed by atoms with Crippen LogP contribution in [0, 0.1) is 17.8 Å². The lowest BCUT2D eigenvalue weighted by Crippen LogP contribution is -2.42. The van der Waals surface area contributed by atoms with Crippen molar-refractivity contribution in [3.8, 4) is 0 Å². The van der Waals surface area contributed by atoms with Gasteiger partial charge in [0.25, 0.3) is 0 Å². The molecule has 202 valence electrons. The van der Waals surface area contributed by atoms with Gasteiger partial charge in [-0.15, -0.1) is 0 Å². The molecule has 5 rings (SSSR count). The summed E-state index contributed by atoms with van der Waals surface area (Å²) in [7, 11) is 0. The second-order valence-corrected chi connectivity index (χ2v) is 11.5. The molecule has 37 heavy (non-hydrogen) atoms. The van der Waals surface area contributed by atoms with E-state index in [0.29, 0.717) is 12.4 Å². The zero-order valence-electron chi connectivity index (χ0n) is 22.5. The summed E-state index contributed by atoms with van der Waals surface area (Å²) < 4.78 is 12.1. The zero-order chi connectivity index (χ0) is 25.9. The summed E-state index contributed by atoms with van der Waals surface area (Å²) in [5.41, 5.74) is 4.03. The van der Waals surface area contributed by atoms with Gasteiger partial charge in [0.2, 0.25) is 11.8 Å². The number of aliphatic hydroxyl groups is 1. The van der Waals surface area contributed by atoms with Gasteiger partial charge in [-0.2, -0.15) is 0 Å². The molecule has 2 aliphatic carbocycles. The van der Waals surface area contributed by atoms with E-state index >= 15 is 0 Å². The van der Waals surface area contributed by atoms with Crippen molar-refractivity contribution in [2.45, 2.75) is 110 Å². The molecular formula is C31H43NO5. The SMILES string of the molecule is CCCC1=C2[C@@H](CC/C(=C/c3ccc(CO)o3)CCC)OC[C@@H]2[C@@H]2C(=O)N(C3CCCCC3)C(=O)[C@@H]2C1. The summed E-state index contributed by atoms with van der Waals surface area (Å²) in [5.74, 6) is 1.14. The molecule has 2 aliphatic heterocycles. The zero-order valence-corrected chi connectivity index (χ0v) is 22.5. The van der Waals surface area contributed by atoms with Gasteiger partial charge >= 0.3 is 0 Å². The highest BCUT2D eigenvalue weighted by Gasteiger charge is 2.57. The van der Waals surface area contributed by atoms with Crippen LogP contribution in [0.15, 0.2) is 33.3 Å². The van der Waals surface area contributed by atoms with Crippen molar-refractivity contribution in [2.24, 2.45) is 17.8 Å². The highest BCUT2D eigenvalue weighted by atomic mass is 16.5. The Bertz CT molecular complexity index is 1050. The lowest BCUT2D eigenvalue weighted by Gasteiger charge is -2.32. The summed E-state index contributed by atoms with van der Waals surface area (Å²) in [6.07, 6.45) is 14.1. The molecule has 4 aliphatic rings. The summed E-state index contributed by atoms with van der Waals surface area (Å²) >= 11 is 0. The van der Waals surface area contributed by atoms with E-state index in [4.69, 9.17) is 9.15 Å². The van der Waals surface area contributed by atoms with Crippen molar-refractivity contribution in [3.05, 3.63) is 40.4 Å². The normalized spacial score (nSPS) is 28.8. The molecule has 3 fully saturated rings. The number of ether oxygens (including phenoxy) is 1. The van der Waals surface area contributed by atoms with E-state index < -0.39 is 0 Å². The number of furan rings is 1. The first-order chi connectivity index (χ1) is 18.0. The van der Waals surface area contributed by atoms with Gasteiger partial charge in [-0.1, -0.05) is 57.1 Å². The average Bonchev–Trinajstić information content (AvgIpc) is 3.60. The fourth-order valence-corrected chi connectivity index (χ4v) is 7.40. The van der Waals surface area contributed by atoms with Gasteiger partial charge in [-0.3, -0.25) is 14.5 Å². The number of nitrogens with zero attached hydrogens (tertiary/aromatic N) is 1. The van der Waals surface area contributed by atoms with Crippen LogP contribution in [-0.4, -0.2) is 40.6 Å². The second kappa shape index (κ2) is 11.7. The van der Waals surface area contributed by atoms with Crippen molar-refractivity contribution >= 4 is 17.9 Å².